The number of rotatable bonds is 11. The first-order chi connectivity index (χ1) is 17.4. The normalized spacial score (nSPS) is 10.8. The molecule has 0 radical (unpaired) electrons. The summed E-state index contributed by atoms with van der Waals surface area (Å²) in [6.45, 7) is 9.79. The van der Waals surface area contributed by atoms with E-state index in [2.05, 4.69) is 10.4 Å². The predicted molar refractivity (Wildman–Crippen MR) is 137 cm³/mol. The van der Waals surface area contributed by atoms with Crippen molar-refractivity contribution in [2.24, 2.45) is 0 Å². The summed E-state index contributed by atoms with van der Waals surface area (Å²) >= 11 is 0. The average Bonchev–Trinajstić information content (AvgIpc) is 3.46. The number of aryl methyl sites for hydroxylation is 2. The van der Waals surface area contributed by atoms with E-state index in [1.165, 1.54) is 0 Å². The SMILES string of the molecule is CCOc1ccc(COc2ccc(NC(=O)c3ccc(Cn4nc(C)cc4C)o3)cc2)cc1OCC. The third-order valence-electron chi connectivity index (χ3n) is 5.42. The van der Waals surface area contributed by atoms with Crippen molar-refractivity contribution >= 4 is 11.6 Å². The molecule has 4 rings (SSSR count). The minimum absolute atomic E-state index is 0.243. The van der Waals surface area contributed by atoms with Crippen LogP contribution in [0.25, 0.3) is 0 Å². The molecule has 0 aliphatic rings. The zero-order chi connectivity index (χ0) is 25.5. The lowest BCUT2D eigenvalue weighted by atomic mass is 10.2. The summed E-state index contributed by atoms with van der Waals surface area (Å²) in [4.78, 5) is 12.6. The number of carbonyl (C=O) groups is 1. The number of furan rings is 1. The first-order valence-electron chi connectivity index (χ1n) is 12.0. The highest BCUT2D eigenvalue weighted by molar-refractivity contribution is 6.02. The summed E-state index contributed by atoms with van der Waals surface area (Å²) < 4.78 is 24.8. The predicted octanol–water partition coefficient (Wildman–Crippen LogP) is 5.77. The van der Waals surface area contributed by atoms with Crippen molar-refractivity contribution in [3.05, 3.63) is 89.1 Å². The molecule has 0 bridgehead atoms. The van der Waals surface area contributed by atoms with Gasteiger partial charge in [-0.1, -0.05) is 6.07 Å². The average molecular weight is 490 g/mol. The maximum Gasteiger partial charge on any atom is 0.291 e. The first kappa shape index (κ1) is 24.9. The van der Waals surface area contributed by atoms with Crippen LogP contribution < -0.4 is 19.5 Å². The lowest BCUT2D eigenvalue weighted by molar-refractivity contribution is 0.0994. The van der Waals surface area contributed by atoms with Crippen LogP contribution in [0.4, 0.5) is 5.69 Å². The molecule has 2 heterocycles. The molecule has 0 fully saturated rings. The van der Waals surface area contributed by atoms with E-state index in [1.807, 2.05) is 68.8 Å². The summed E-state index contributed by atoms with van der Waals surface area (Å²) in [6, 6.07) is 18.4. The van der Waals surface area contributed by atoms with Crippen molar-refractivity contribution in [3.63, 3.8) is 0 Å². The Bertz CT molecular complexity index is 1310. The highest BCUT2D eigenvalue weighted by Crippen LogP contribution is 2.29. The highest BCUT2D eigenvalue weighted by Gasteiger charge is 2.13. The molecule has 4 aromatic rings. The number of nitrogens with zero attached hydrogens (tertiary/aromatic N) is 2. The molecule has 2 aromatic heterocycles. The highest BCUT2D eigenvalue weighted by atomic mass is 16.5. The molecule has 0 aliphatic heterocycles. The van der Waals surface area contributed by atoms with Crippen molar-refractivity contribution in [3.8, 4) is 17.2 Å². The summed E-state index contributed by atoms with van der Waals surface area (Å²) in [6.07, 6.45) is 0. The fraction of sp³-hybridized carbons (Fsp3) is 0.286. The number of amides is 1. The smallest absolute Gasteiger partial charge is 0.291 e. The minimum atomic E-state index is -0.318. The quantitative estimate of drug-likeness (QED) is 0.288. The Balaban J connectivity index is 1.32. The molecular weight excluding hydrogens is 458 g/mol. The topological polar surface area (TPSA) is 87.8 Å². The minimum Gasteiger partial charge on any atom is -0.490 e. The Labute approximate surface area is 210 Å². The molecule has 1 N–H and O–H groups in total. The van der Waals surface area contributed by atoms with Crippen molar-refractivity contribution in [1.29, 1.82) is 0 Å². The molecular formula is C28H31N3O5. The number of benzene rings is 2. The van der Waals surface area contributed by atoms with Gasteiger partial charge in [0.15, 0.2) is 17.3 Å². The summed E-state index contributed by atoms with van der Waals surface area (Å²) in [7, 11) is 0. The van der Waals surface area contributed by atoms with E-state index in [0.717, 1.165) is 22.7 Å². The van der Waals surface area contributed by atoms with Gasteiger partial charge < -0.3 is 23.9 Å². The van der Waals surface area contributed by atoms with Crippen molar-refractivity contribution in [1.82, 2.24) is 9.78 Å². The third kappa shape index (κ3) is 6.27. The van der Waals surface area contributed by atoms with E-state index in [1.54, 1.807) is 24.3 Å². The van der Waals surface area contributed by atoms with Crippen LogP contribution in [0, 0.1) is 13.8 Å². The van der Waals surface area contributed by atoms with Gasteiger partial charge in [-0.05, 0) is 87.9 Å². The van der Waals surface area contributed by atoms with Gasteiger partial charge in [0.25, 0.3) is 5.91 Å². The van der Waals surface area contributed by atoms with Gasteiger partial charge in [-0.2, -0.15) is 5.10 Å². The molecule has 0 saturated heterocycles. The molecule has 0 spiro atoms. The number of carbonyl (C=O) groups excluding carboxylic acids is 1. The second-order valence-corrected chi connectivity index (χ2v) is 8.26. The van der Waals surface area contributed by atoms with E-state index < -0.39 is 0 Å². The molecule has 0 aliphatic carbocycles. The van der Waals surface area contributed by atoms with Crippen LogP contribution in [0.5, 0.6) is 17.2 Å². The number of aromatic nitrogens is 2. The van der Waals surface area contributed by atoms with E-state index in [-0.39, 0.29) is 11.7 Å². The number of hydrogen-bond acceptors (Lipinski definition) is 6. The van der Waals surface area contributed by atoms with Crippen LogP contribution in [-0.4, -0.2) is 28.9 Å². The Morgan fingerprint density at radius 3 is 2.36 bits per heavy atom. The molecule has 1 amide bonds. The van der Waals surface area contributed by atoms with Crippen LogP contribution in [0.3, 0.4) is 0 Å². The zero-order valence-electron chi connectivity index (χ0n) is 21.0. The molecule has 188 valence electrons. The standard InChI is InChI=1S/C28H31N3O5/c1-5-33-25-13-7-21(16-27(25)34-6-2)18-35-23-10-8-22(9-11-23)29-28(32)26-14-12-24(36-26)17-31-20(4)15-19(3)30-31/h7-16H,5-6,17-18H2,1-4H3,(H,29,32). The summed E-state index contributed by atoms with van der Waals surface area (Å²) in [5, 5.41) is 7.28. The van der Waals surface area contributed by atoms with Crippen LogP contribution in [0.1, 0.15) is 47.1 Å². The monoisotopic (exact) mass is 489 g/mol. The molecule has 0 unspecified atom stereocenters. The van der Waals surface area contributed by atoms with Crippen molar-refractivity contribution < 1.29 is 23.4 Å². The second-order valence-electron chi connectivity index (χ2n) is 8.26. The van der Waals surface area contributed by atoms with E-state index >= 15 is 0 Å². The van der Waals surface area contributed by atoms with Gasteiger partial charge in [0.1, 0.15) is 18.1 Å². The van der Waals surface area contributed by atoms with Gasteiger partial charge in [0, 0.05) is 11.4 Å². The molecule has 0 saturated carbocycles. The van der Waals surface area contributed by atoms with Gasteiger partial charge in [-0.15, -0.1) is 0 Å². The number of hydrogen-bond donors (Lipinski definition) is 1. The van der Waals surface area contributed by atoms with Crippen molar-refractivity contribution in [2.45, 2.75) is 40.8 Å². The Hall–Kier alpha value is -4.20. The van der Waals surface area contributed by atoms with Crippen molar-refractivity contribution in [2.75, 3.05) is 18.5 Å². The third-order valence-corrected chi connectivity index (χ3v) is 5.42. The molecule has 8 nitrogen and oxygen atoms in total. The number of nitrogens with one attached hydrogen (secondary N) is 1. The van der Waals surface area contributed by atoms with Crippen LogP contribution in [0.2, 0.25) is 0 Å². The summed E-state index contributed by atoms with van der Waals surface area (Å²) in [5.41, 5.74) is 3.59. The molecule has 8 heteroatoms. The van der Waals surface area contributed by atoms with Gasteiger partial charge in [0.05, 0.1) is 25.5 Å². The first-order valence-corrected chi connectivity index (χ1v) is 12.0. The fourth-order valence-corrected chi connectivity index (χ4v) is 3.75. The van der Waals surface area contributed by atoms with E-state index in [4.69, 9.17) is 18.6 Å². The number of ether oxygens (including phenoxy) is 3. The Morgan fingerprint density at radius 1 is 0.917 bits per heavy atom. The summed E-state index contributed by atoms with van der Waals surface area (Å²) in [5.74, 6) is 2.70. The molecule has 0 atom stereocenters. The van der Waals surface area contributed by atoms with Crippen LogP contribution in [-0.2, 0) is 13.2 Å². The van der Waals surface area contributed by atoms with E-state index in [0.29, 0.717) is 49.3 Å². The molecule has 36 heavy (non-hydrogen) atoms. The lowest BCUT2D eigenvalue weighted by Crippen LogP contribution is -2.11. The van der Waals surface area contributed by atoms with Gasteiger partial charge in [-0.3, -0.25) is 9.48 Å². The van der Waals surface area contributed by atoms with Gasteiger partial charge >= 0.3 is 0 Å². The maximum atomic E-state index is 12.6. The molecule has 2 aromatic carbocycles. The lowest BCUT2D eigenvalue weighted by Gasteiger charge is -2.13. The Kier molecular flexibility index (Phi) is 7.95. The van der Waals surface area contributed by atoms with Gasteiger partial charge in [-0.25, -0.2) is 0 Å². The fourth-order valence-electron chi connectivity index (χ4n) is 3.75. The largest absolute Gasteiger partial charge is 0.490 e. The zero-order valence-corrected chi connectivity index (χ0v) is 21.0. The van der Waals surface area contributed by atoms with Crippen LogP contribution >= 0.6 is 0 Å². The number of anilines is 1. The van der Waals surface area contributed by atoms with Gasteiger partial charge in [0.2, 0.25) is 0 Å². The maximum absolute atomic E-state index is 12.6. The van der Waals surface area contributed by atoms with E-state index in [9.17, 15) is 4.79 Å². The van der Waals surface area contributed by atoms with Crippen LogP contribution in [0.15, 0.2) is 65.1 Å². The second kappa shape index (κ2) is 11.5. The Morgan fingerprint density at radius 2 is 1.67 bits per heavy atom.